The van der Waals surface area contributed by atoms with E-state index in [9.17, 15) is 0 Å². The topological polar surface area (TPSA) is 67.8 Å². The molecule has 6 nitrogen and oxygen atoms in total. The fourth-order valence-electron chi connectivity index (χ4n) is 2.53. The first kappa shape index (κ1) is 20.8. The molecule has 0 saturated carbocycles. The van der Waals surface area contributed by atoms with Crippen LogP contribution in [-0.2, 0) is 13.0 Å². The zero-order chi connectivity index (χ0) is 17.5. The zero-order valence-electron chi connectivity index (χ0n) is 15.1. The Bertz CT molecular complexity index is 736. The number of hydrogen-bond acceptors (Lipinski definition) is 5. The van der Waals surface area contributed by atoms with Crippen molar-refractivity contribution in [1.29, 1.82) is 0 Å². The van der Waals surface area contributed by atoms with Crippen molar-refractivity contribution < 1.29 is 9.47 Å². The van der Waals surface area contributed by atoms with Crippen LogP contribution in [0.25, 0.3) is 0 Å². The third kappa shape index (κ3) is 6.01. The summed E-state index contributed by atoms with van der Waals surface area (Å²) >= 11 is 1.73. The predicted octanol–water partition coefficient (Wildman–Crippen LogP) is 3.14. The summed E-state index contributed by atoms with van der Waals surface area (Å²) < 4.78 is 11.4. The second-order valence-electron chi connectivity index (χ2n) is 5.80. The number of thiazole rings is 1. The molecule has 0 atom stereocenters. The number of halogens is 1. The maximum atomic E-state index is 5.73. The smallest absolute Gasteiger partial charge is 0.191 e. The third-order valence-electron chi connectivity index (χ3n) is 3.80. The molecule has 8 heteroatoms. The normalized spacial score (nSPS) is 13.5. The molecule has 2 aromatic rings. The molecule has 0 saturated heterocycles. The van der Waals surface area contributed by atoms with Gasteiger partial charge < -0.3 is 20.1 Å². The van der Waals surface area contributed by atoms with E-state index in [0.717, 1.165) is 47.4 Å². The molecule has 2 heterocycles. The SMILES string of the molecule is CN=C(NCCc1ncc(C)s1)NCc1ccc2c(c1)OCCCO2.I. The molecule has 142 valence electrons. The minimum atomic E-state index is 0. The van der Waals surface area contributed by atoms with Gasteiger partial charge in [0.25, 0.3) is 0 Å². The summed E-state index contributed by atoms with van der Waals surface area (Å²) in [4.78, 5) is 9.88. The maximum Gasteiger partial charge on any atom is 0.191 e. The van der Waals surface area contributed by atoms with Gasteiger partial charge in [-0.15, -0.1) is 35.3 Å². The van der Waals surface area contributed by atoms with Crippen molar-refractivity contribution in [2.45, 2.75) is 26.3 Å². The van der Waals surface area contributed by atoms with Crippen LogP contribution >= 0.6 is 35.3 Å². The highest BCUT2D eigenvalue weighted by atomic mass is 127. The molecule has 0 aliphatic carbocycles. The number of fused-ring (bicyclic) bond motifs is 1. The Kier molecular flexibility index (Phi) is 8.43. The summed E-state index contributed by atoms with van der Waals surface area (Å²) in [6.07, 6.45) is 3.72. The molecule has 0 bridgehead atoms. The lowest BCUT2D eigenvalue weighted by atomic mass is 10.2. The van der Waals surface area contributed by atoms with E-state index in [1.165, 1.54) is 4.88 Å². The first-order valence-electron chi connectivity index (χ1n) is 8.49. The number of nitrogens with one attached hydrogen (secondary N) is 2. The molecule has 3 rings (SSSR count). The summed E-state index contributed by atoms with van der Waals surface area (Å²) in [7, 11) is 1.77. The highest BCUT2D eigenvalue weighted by molar-refractivity contribution is 14.0. The number of hydrogen-bond donors (Lipinski definition) is 2. The lowest BCUT2D eigenvalue weighted by Crippen LogP contribution is -2.37. The monoisotopic (exact) mass is 488 g/mol. The molecule has 1 aliphatic heterocycles. The third-order valence-corrected chi connectivity index (χ3v) is 4.77. The van der Waals surface area contributed by atoms with Crippen LogP contribution in [0.4, 0.5) is 0 Å². The quantitative estimate of drug-likeness (QED) is 0.385. The van der Waals surface area contributed by atoms with E-state index in [2.05, 4.69) is 27.5 Å². The van der Waals surface area contributed by atoms with Gasteiger partial charge >= 0.3 is 0 Å². The highest BCUT2D eigenvalue weighted by Gasteiger charge is 2.10. The number of nitrogens with zero attached hydrogens (tertiary/aromatic N) is 2. The van der Waals surface area contributed by atoms with Gasteiger partial charge in [0, 0.05) is 44.1 Å². The van der Waals surface area contributed by atoms with E-state index < -0.39 is 0 Å². The van der Waals surface area contributed by atoms with Crippen molar-refractivity contribution in [3.05, 3.63) is 39.8 Å². The molecule has 1 aromatic carbocycles. The summed E-state index contributed by atoms with van der Waals surface area (Å²) in [5, 5.41) is 7.79. The molecule has 0 spiro atoms. The van der Waals surface area contributed by atoms with E-state index >= 15 is 0 Å². The first-order chi connectivity index (χ1) is 12.2. The Balaban J connectivity index is 0.00000243. The van der Waals surface area contributed by atoms with Crippen LogP contribution in [-0.4, -0.2) is 37.7 Å². The van der Waals surface area contributed by atoms with Gasteiger partial charge in [-0.3, -0.25) is 4.99 Å². The van der Waals surface area contributed by atoms with Gasteiger partial charge in [-0.1, -0.05) is 6.07 Å². The number of aromatic nitrogens is 1. The summed E-state index contributed by atoms with van der Waals surface area (Å²) in [6, 6.07) is 6.05. The zero-order valence-corrected chi connectivity index (χ0v) is 18.2. The number of rotatable bonds is 5. The fraction of sp³-hybridized carbons (Fsp3) is 0.444. The van der Waals surface area contributed by atoms with Gasteiger partial charge in [-0.25, -0.2) is 4.98 Å². The van der Waals surface area contributed by atoms with E-state index in [1.807, 2.05) is 24.4 Å². The van der Waals surface area contributed by atoms with Gasteiger partial charge in [0.15, 0.2) is 17.5 Å². The van der Waals surface area contributed by atoms with Crippen LogP contribution in [0.2, 0.25) is 0 Å². The van der Waals surface area contributed by atoms with Gasteiger partial charge in [0.2, 0.25) is 0 Å². The molecule has 26 heavy (non-hydrogen) atoms. The molecule has 0 amide bonds. The Labute approximate surface area is 175 Å². The first-order valence-corrected chi connectivity index (χ1v) is 9.30. The summed E-state index contributed by atoms with van der Waals surface area (Å²) in [5.41, 5.74) is 1.13. The Morgan fingerprint density at radius 1 is 1.23 bits per heavy atom. The average molecular weight is 488 g/mol. The average Bonchev–Trinajstić information content (AvgIpc) is 2.90. The van der Waals surface area contributed by atoms with Crippen LogP contribution in [0.1, 0.15) is 21.9 Å². The molecule has 0 radical (unpaired) electrons. The van der Waals surface area contributed by atoms with Crippen LogP contribution in [0.3, 0.4) is 0 Å². The predicted molar refractivity (Wildman–Crippen MR) is 116 cm³/mol. The fourth-order valence-corrected chi connectivity index (χ4v) is 3.32. The largest absolute Gasteiger partial charge is 0.490 e. The van der Waals surface area contributed by atoms with E-state index in [1.54, 1.807) is 18.4 Å². The van der Waals surface area contributed by atoms with Gasteiger partial charge in [-0.05, 0) is 24.6 Å². The summed E-state index contributed by atoms with van der Waals surface area (Å²) in [6.45, 7) is 4.95. The van der Waals surface area contributed by atoms with Crippen LogP contribution < -0.4 is 20.1 Å². The van der Waals surface area contributed by atoms with Crippen LogP contribution in [0.5, 0.6) is 11.5 Å². The van der Waals surface area contributed by atoms with E-state index in [-0.39, 0.29) is 24.0 Å². The van der Waals surface area contributed by atoms with Crippen molar-refractivity contribution in [1.82, 2.24) is 15.6 Å². The number of aliphatic imine (C=N–C) groups is 1. The second-order valence-corrected chi connectivity index (χ2v) is 7.12. The second kappa shape index (κ2) is 10.6. The van der Waals surface area contributed by atoms with Gasteiger partial charge in [0.1, 0.15) is 0 Å². The molecule has 2 N–H and O–H groups in total. The number of aryl methyl sites for hydroxylation is 1. The molecular formula is C18H25IN4O2S. The number of guanidine groups is 1. The lowest BCUT2D eigenvalue weighted by Gasteiger charge is -2.13. The standard InChI is InChI=1S/C18H24N4O2S.HI/c1-13-11-21-17(25-13)6-7-20-18(19-2)22-12-14-4-5-15-16(10-14)24-9-3-8-23-15;/h4-5,10-11H,3,6-9,12H2,1-2H3,(H2,19,20,22);1H. The minimum absolute atomic E-state index is 0. The van der Waals surface area contributed by atoms with Crippen molar-refractivity contribution >= 4 is 41.3 Å². The molecule has 0 unspecified atom stereocenters. The van der Waals surface area contributed by atoms with Gasteiger partial charge in [0.05, 0.1) is 18.2 Å². The lowest BCUT2D eigenvalue weighted by molar-refractivity contribution is 0.297. The van der Waals surface area contributed by atoms with E-state index in [0.29, 0.717) is 19.8 Å². The Hall–Kier alpha value is -1.55. The van der Waals surface area contributed by atoms with Gasteiger partial charge in [-0.2, -0.15) is 0 Å². The van der Waals surface area contributed by atoms with Crippen LogP contribution in [0, 0.1) is 6.92 Å². The molecule has 0 fully saturated rings. The van der Waals surface area contributed by atoms with E-state index in [4.69, 9.17) is 9.47 Å². The number of ether oxygens (including phenoxy) is 2. The minimum Gasteiger partial charge on any atom is -0.490 e. The van der Waals surface area contributed by atoms with Crippen molar-refractivity contribution in [2.24, 2.45) is 4.99 Å². The summed E-state index contributed by atoms with van der Waals surface area (Å²) in [5.74, 6) is 2.42. The molecule has 1 aliphatic rings. The Morgan fingerprint density at radius 3 is 2.77 bits per heavy atom. The van der Waals surface area contributed by atoms with Crippen LogP contribution in [0.15, 0.2) is 29.4 Å². The van der Waals surface area contributed by atoms with Crippen molar-refractivity contribution in [3.63, 3.8) is 0 Å². The molecule has 1 aromatic heterocycles. The maximum absolute atomic E-state index is 5.73. The van der Waals surface area contributed by atoms with Crippen molar-refractivity contribution in [2.75, 3.05) is 26.8 Å². The highest BCUT2D eigenvalue weighted by Crippen LogP contribution is 2.30. The molecular weight excluding hydrogens is 463 g/mol. The number of benzene rings is 1. The van der Waals surface area contributed by atoms with Crippen molar-refractivity contribution in [3.8, 4) is 11.5 Å². The Morgan fingerprint density at radius 2 is 2.04 bits per heavy atom.